The second-order valence-corrected chi connectivity index (χ2v) is 4.30. The molecule has 0 unspecified atom stereocenters. The van der Waals surface area contributed by atoms with Crippen LogP contribution in [-0.2, 0) is 4.79 Å². The first-order valence-electron chi connectivity index (χ1n) is 5.67. The molecule has 5 nitrogen and oxygen atoms in total. The molecule has 1 aromatic heterocycles. The first-order chi connectivity index (χ1) is 7.68. The number of aromatic nitrogens is 2. The molecule has 0 radical (unpaired) electrons. The van der Waals surface area contributed by atoms with E-state index < -0.39 is 5.97 Å². The smallest absolute Gasteiger partial charge is 0.305 e. The molecule has 0 bridgehead atoms. The van der Waals surface area contributed by atoms with Crippen molar-refractivity contribution in [3.8, 4) is 0 Å². The van der Waals surface area contributed by atoms with Crippen LogP contribution in [0.5, 0.6) is 0 Å². The van der Waals surface area contributed by atoms with E-state index >= 15 is 0 Å². The number of hydrogen-bond acceptors (Lipinski definition) is 3. The first-order valence-corrected chi connectivity index (χ1v) is 5.67. The van der Waals surface area contributed by atoms with E-state index in [2.05, 4.69) is 15.1 Å². The molecular weight excluding hydrogens is 206 g/mol. The van der Waals surface area contributed by atoms with E-state index in [1.165, 1.54) is 6.42 Å². The molecule has 1 fully saturated rings. The summed E-state index contributed by atoms with van der Waals surface area (Å²) in [7, 11) is 0. The highest BCUT2D eigenvalue weighted by Gasteiger charge is 2.26. The zero-order valence-electron chi connectivity index (χ0n) is 9.44. The van der Waals surface area contributed by atoms with Crippen LogP contribution in [0.25, 0.3) is 0 Å². The highest BCUT2D eigenvalue weighted by molar-refractivity contribution is 5.68. The molecule has 0 amide bonds. The average molecular weight is 223 g/mol. The van der Waals surface area contributed by atoms with Gasteiger partial charge in [0.05, 0.1) is 24.0 Å². The van der Waals surface area contributed by atoms with Crippen molar-refractivity contribution in [2.75, 3.05) is 11.4 Å². The lowest BCUT2D eigenvalue weighted by molar-refractivity contribution is -0.136. The molecule has 0 saturated heterocycles. The second-order valence-electron chi connectivity index (χ2n) is 4.30. The van der Waals surface area contributed by atoms with Crippen molar-refractivity contribution in [3.63, 3.8) is 0 Å². The zero-order chi connectivity index (χ0) is 11.5. The lowest BCUT2D eigenvalue weighted by Crippen LogP contribution is -2.41. The summed E-state index contributed by atoms with van der Waals surface area (Å²) in [6.07, 6.45) is 5.52. The predicted octanol–water partition coefficient (Wildman–Crippen LogP) is 1.55. The molecule has 0 aliphatic heterocycles. The number of nitrogens with zero attached hydrogens (tertiary/aromatic N) is 2. The Balaban J connectivity index is 2.08. The molecule has 88 valence electrons. The van der Waals surface area contributed by atoms with Gasteiger partial charge in [0, 0.05) is 12.6 Å². The molecule has 16 heavy (non-hydrogen) atoms. The van der Waals surface area contributed by atoms with E-state index in [-0.39, 0.29) is 6.42 Å². The summed E-state index contributed by atoms with van der Waals surface area (Å²) in [5, 5.41) is 15.6. The van der Waals surface area contributed by atoms with Crippen LogP contribution in [0.1, 0.15) is 31.4 Å². The van der Waals surface area contributed by atoms with E-state index in [9.17, 15) is 4.79 Å². The maximum Gasteiger partial charge on any atom is 0.305 e. The summed E-state index contributed by atoms with van der Waals surface area (Å²) in [5.74, 6) is -0.745. The number of aliphatic carboxylic acids is 1. The molecule has 2 rings (SSSR count). The number of hydrogen-bond donors (Lipinski definition) is 2. The fourth-order valence-electron chi connectivity index (χ4n) is 2.05. The number of aromatic amines is 1. The highest BCUT2D eigenvalue weighted by atomic mass is 16.4. The Hall–Kier alpha value is -1.52. The van der Waals surface area contributed by atoms with Crippen LogP contribution >= 0.6 is 0 Å². The van der Waals surface area contributed by atoms with Crippen LogP contribution in [0.15, 0.2) is 6.20 Å². The number of carboxylic acids is 1. The monoisotopic (exact) mass is 223 g/mol. The number of aryl methyl sites for hydroxylation is 1. The van der Waals surface area contributed by atoms with Crippen molar-refractivity contribution in [1.29, 1.82) is 0 Å². The molecule has 2 N–H and O–H groups in total. The molecule has 0 spiro atoms. The number of nitrogens with one attached hydrogen (secondary N) is 1. The van der Waals surface area contributed by atoms with E-state index in [0.717, 1.165) is 24.2 Å². The fourth-order valence-corrected chi connectivity index (χ4v) is 2.05. The lowest BCUT2D eigenvalue weighted by atomic mass is 9.91. The minimum atomic E-state index is -0.745. The minimum absolute atomic E-state index is 0.182. The predicted molar refractivity (Wildman–Crippen MR) is 60.6 cm³/mol. The Bertz CT molecular complexity index is 371. The normalized spacial score (nSPS) is 15.8. The van der Waals surface area contributed by atoms with Crippen molar-refractivity contribution in [3.05, 3.63) is 11.9 Å². The third-order valence-corrected chi connectivity index (χ3v) is 3.19. The maximum atomic E-state index is 10.6. The van der Waals surface area contributed by atoms with Crippen LogP contribution in [0, 0.1) is 6.92 Å². The van der Waals surface area contributed by atoms with Gasteiger partial charge in [-0.05, 0) is 26.2 Å². The van der Waals surface area contributed by atoms with Crippen molar-refractivity contribution in [2.45, 2.75) is 38.6 Å². The number of carboxylic acid groups (broad SMARTS) is 1. The molecule has 1 aliphatic carbocycles. The summed E-state index contributed by atoms with van der Waals surface area (Å²) in [6.45, 7) is 2.54. The zero-order valence-corrected chi connectivity index (χ0v) is 9.44. The largest absolute Gasteiger partial charge is 0.481 e. The van der Waals surface area contributed by atoms with E-state index in [1.54, 1.807) is 6.20 Å². The van der Waals surface area contributed by atoms with E-state index in [1.807, 2.05) is 6.92 Å². The van der Waals surface area contributed by atoms with E-state index in [4.69, 9.17) is 5.11 Å². The van der Waals surface area contributed by atoms with Gasteiger partial charge in [0.25, 0.3) is 0 Å². The highest BCUT2D eigenvalue weighted by Crippen LogP contribution is 2.30. The number of rotatable bonds is 5. The summed E-state index contributed by atoms with van der Waals surface area (Å²) in [5.41, 5.74) is 2.06. The molecule has 0 atom stereocenters. The molecule has 1 aromatic rings. The summed E-state index contributed by atoms with van der Waals surface area (Å²) in [6, 6.07) is 0.496. The van der Waals surface area contributed by atoms with Gasteiger partial charge in [-0.2, -0.15) is 5.10 Å². The van der Waals surface area contributed by atoms with Gasteiger partial charge in [-0.1, -0.05) is 0 Å². The third kappa shape index (κ3) is 2.18. The lowest BCUT2D eigenvalue weighted by Gasteiger charge is -2.38. The Morgan fingerprint density at radius 1 is 1.69 bits per heavy atom. The second kappa shape index (κ2) is 4.55. The minimum Gasteiger partial charge on any atom is -0.481 e. The van der Waals surface area contributed by atoms with Gasteiger partial charge in [0.2, 0.25) is 0 Å². The van der Waals surface area contributed by atoms with E-state index in [0.29, 0.717) is 12.6 Å². The molecular formula is C11H17N3O2. The van der Waals surface area contributed by atoms with Gasteiger partial charge in [0.15, 0.2) is 0 Å². The summed E-state index contributed by atoms with van der Waals surface area (Å²) >= 11 is 0. The summed E-state index contributed by atoms with van der Waals surface area (Å²) < 4.78 is 0. The Morgan fingerprint density at radius 3 is 2.88 bits per heavy atom. The Labute approximate surface area is 94.5 Å². The molecule has 1 saturated carbocycles. The van der Waals surface area contributed by atoms with Crippen LogP contribution in [-0.4, -0.2) is 33.9 Å². The van der Waals surface area contributed by atoms with Crippen LogP contribution in [0.2, 0.25) is 0 Å². The SMILES string of the molecule is Cc1[nH]ncc1N(CCC(=O)O)C1CCC1. The molecule has 5 heteroatoms. The van der Waals surface area contributed by atoms with Crippen molar-refractivity contribution >= 4 is 11.7 Å². The standard InChI is InChI=1S/C11H17N3O2/c1-8-10(7-12-13-8)14(6-5-11(15)16)9-3-2-4-9/h7,9H,2-6H2,1H3,(H,12,13)(H,15,16). The maximum absolute atomic E-state index is 10.6. The van der Waals surface area contributed by atoms with Crippen molar-refractivity contribution in [1.82, 2.24) is 10.2 Å². The Kier molecular flexibility index (Phi) is 3.12. The average Bonchev–Trinajstić information content (AvgIpc) is 2.55. The number of H-pyrrole nitrogens is 1. The van der Waals surface area contributed by atoms with Gasteiger partial charge >= 0.3 is 5.97 Å². The number of anilines is 1. The molecule has 0 aromatic carbocycles. The Morgan fingerprint density at radius 2 is 2.44 bits per heavy atom. The van der Waals surface area contributed by atoms with Gasteiger partial charge in [-0.3, -0.25) is 9.89 Å². The van der Waals surface area contributed by atoms with Crippen molar-refractivity contribution in [2.24, 2.45) is 0 Å². The summed E-state index contributed by atoms with van der Waals surface area (Å²) in [4.78, 5) is 12.8. The third-order valence-electron chi connectivity index (χ3n) is 3.19. The van der Waals surface area contributed by atoms with Crippen LogP contribution in [0.3, 0.4) is 0 Å². The van der Waals surface area contributed by atoms with Gasteiger partial charge < -0.3 is 10.0 Å². The molecule has 1 heterocycles. The topological polar surface area (TPSA) is 69.2 Å². The van der Waals surface area contributed by atoms with Crippen molar-refractivity contribution < 1.29 is 9.90 Å². The van der Waals surface area contributed by atoms with Crippen LogP contribution < -0.4 is 4.90 Å². The van der Waals surface area contributed by atoms with Crippen LogP contribution in [0.4, 0.5) is 5.69 Å². The van der Waals surface area contributed by atoms with Gasteiger partial charge in [0.1, 0.15) is 0 Å². The number of carbonyl (C=O) groups is 1. The van der Waals surface area contributed by atoms with Gasteiger partial charge in [-0.25, -0.2) is 0 Å². The molecule has 1 aliphatic rings. The quantitative estimate of drug-likeness (QED) is 0.794. The van der Waals surface area contributed by atoms with Gasteiger partial charge in [-0.15, -0.1) is 0 Å². The first kappa shape index (κ1) is 11.0. The fraction of sp³-hybridized carbons (Fsp3) is 0.636.